The van der Waals surface area contributed by atoms with Crippen LogP contribution in [0.3, 0.4) is 0 Å². The molecule has 1 unspecified atom stereocenters. The lowest BCUT2D eigenvalue weighted by molar-refractivity contribution is 0.0952. The van der Waals surface area contributed by atoms with Crippen LogP contribution in [0.4, 0.5) is 0 Å². The molecule has 0 aliphatic carbocycles. The van der Waals surface area contributed by atoms with E-state index in [0.717, 1.165) is 29.1 Å². The molecule has 0 spiro atoms. The molecule has 38 heavy (non-hydrogen) atoms. The fourth-order valence-corrected chi connectivity index (χ4v) is 4.49. The topological polar surface area (TPSA) is 114 Å². The summed E-state index contributed by atoms with van der Waals surface area (Å²) in [4.78, 5) is 33.6. The Morgan fingerprint density at radius 1 is 1.16 bits per heavy atom. The Kier molecular flexibility index (Phi) is 8.26. The van der Waals surface area contributed by atoms with Gasteiger partial charge in [0.1, 0.15) is 5.75 Å². The number of nitrogens with zero attached hydrogens (tertiary/aromatic N) is 3. The van der Waals surface area contributed by atoms with Crippen LogP contribution in [0.1, 0.15) is 54.0 Å². The van der Waals surface area contributed by atoms with E-state index in [1.807, 2.05) is 69.8 Å². The minimum atomic E-state index is -0.297. The summed E-state index contributed by atoms with van der Waals surface area (Å²) >= 11 is 0. The van der Waals surface area contributed by atoms with E-state index in [1.165, 1.54) is 0 Å². The number of aromatic amines is 1. The SMILES string of the molecule is CNCC(C)COc1cccc(-c2cc(C(=O)NCc3c(C)cc(C)[nH]c3=O)c3cnn(C(C)C)c3n2)c1. The number of carbonyl (C=O) groups is 1. The third-order valence-electron chi connectivity index (χ3n) is 6.44. The first-order chi connectivity index (χ1) is 18.2. The van der Waals surface area contributed by atoms with Crippen LogP contribution in [-0.2, 0) is 6.54 Å². The molecule has 0 saturated carbocycles. The maximum atomic E-state index is 13.5. The minimum absolute atomic E-state index is 0.0586. The Morgan fingerprint density at radius 3 is 2.66 bits per heavy atom. The molecule has 3 aromatic heterocycles. The molecule has 3 heterocycles. The highest BCUT2D eigenvalue weighted by molar-refractivity contribution is 6.06. The van der Waals surface area contributed by atoms with Crippen molar-refractivity contribution in [2.45, 2.75) is 47.2 Å². The van der Waals surface area contributed by atoms with Gasteiger partial charge in [0.25, 0.3) is 11.5 Å². The molecule has 9 heteroatoms. The zero-order chi connectivity index (χ0) is 27.4. The number of fused-ring (bicyclic) bond motifs is 1. The van der Waals surface area contributed by atoms with Gasteiger partial charge in [-0.05, 0) is 64.6 Å². The number of amides is 1. The van der Waals surface area contributed by atoms with E-state index in [9.17, 15) is 9.59 Å². The zero-order valence-corrected chi connectivity index (χ0v) is 22.9. The van der Waals surface area contributed by atoms with Crippen molar-refractivity contribution in [3.8, 4) is 17.0 Å². The Hall–Kier alpha value is -3.98. The van der Waals surface area contributed by atoms with E-state index in [1.54, 1.807) is 12.3 Å². The summed E-state index contributed by atoms with van der Waals surface area (Å²) in [6.45, 7) is 11.4. The zero-order valence-electron chi connectivity index (χ0n) is 22.9. The summed E-state index contributed by atoms with van der Waals surface area (Å²) in [6, 6.07) is 11.5. The average Bonchev–Trinajstić information content (AvgIpc) is 3.31. The molecular weight excluding hydrogens is 480 g/mol. The van der Waals surface area contributed by atoms with Gasteiger partial charge in [0.15, 0.2) is 5.65 Å². The Bertz CT molecular complexity index is 1500. The second kappa shape index (κ2) is 11.6. The van der Waals surface area contributed by atoms with E-state index in [4.69, 9.17) is 9.72 Å². The second-order valence-electron chi connectivity index (χ2n) is 10.1. The van der Waals surface area contributed by atoms with Crippen molar-refractivity contribution < 1.29 is 9.53 Å². The van der Waals surface area contributed by atoms with E-state index < -0.39 is 0 Å². The first kappa shape index (κ1) is 27.1. The monoisotopic (exact) mass is 516 g/mol. The number of carbonyl (C=O) groups excluding carboxylic acids is 1. The first-order valence-electron chi connectivity index (χ1n) is 12.9. The standard InChI is InChI=1S/C29H36N6O3/c1-17(2)35-27-25(15-32-35)23(28(36)31-14-24-19(4)10-20(5)33-29(24)37)12-26(34-27)21-8-7-9-22(11-21)38-16-18(3)13-30-6/h7-12,15,17-18,30H,13-14,16H2,1-6H3,(H,31,36)(H,33,37). The third-order valence-corrected chi connectivity index (χ3v) is 6.44. The second-order valence-corrected chi connectivity index (χ2v) is 10.1. The number of H-pyrrole nitrogens is 1. The Morgan fingerprint density at radius 2 is 1.95 bits per heavy atom. The lowest BCUT2D eigenvalue weighted by Crippen LogP contribution is -2.28. The van der Waals surface area contributed by atoms with E-state index in [2.05, 4.69) is 27.6 Å². The van der Waals surface area contributed by atoms with Crippen molar-refractivity contribution in [3.05, 3.63) is 75.3 Å². The molecule has 9 nitrogen and oxygen atoms in total. The predicted molar refractivity (Wildman–Crippen MR) is 150 cm³/mol. The van der Waals surface area contributed by atoms with Crippen LogP contribution in [-0.4, -0.2) is 45.9 Å². The fourth-order valence-electron chi connectivity index (χ4n) is 4.49. The molecule has 0 aliphatic heterocycles. The molecule has 0 saturated heterocycles. The van der Waals surface area contributed by atoms with Gasteiger partial charge < -0.3 is 20.4 Å². The number of benzene rings is 1. The van der Waals surface area contributed by atoms with Crippen LogP contribution in [0.2, 0.25) is 0 Å². The summed E-state index contributed by atoms with van der Waals surface area (Å²) in [5.41, 5.74) is 4.51. The number of pyridine rings is 2. The van der Waals surface area contributed by atoms with Crippen LogP contribution < -0.4 is 20.9 Å². The number of aromatic nitrogens is 4. The number of rotatable bonds is 10. The number of hydrogen-bond donors (Lipinski definition) is 3. The molecule has 0 radical (unpaired) electrons. The molecule has 0 aliphatic rings. The maximum absolute atomic E-state index is 13.5. The van der Waals surface area contributed by atoms with Gasteiger partial charge in [-0.25, -0.2) is 9.67 Å². The molecule has 4 aromatic rings. The highest BCUT2D eigenvalue weighted by Gasteiger charge is 2.19. The quantitative estimate of drug-likeness (QED) is 0.292. The minimum Gasteiger partial charge on any atom is -0.493 e. The van der Waals surface area contributed by atoms with Crippen LogP contribution in [0.25, 0.3) is 22.3 Å². The molecule has 1 atom stereocenters. The van der Waals surface area contributed by atoms with Gasteiger partial charge in [-0.2, -0.15) is 5.10 Å². The Labute approximate surface area is 222 Å². The van der Waals surface area contributed by atoms with E-state index >= 15 is 0 Å². The summed E-state index contributed by atoms with van der Waals surface area (Å²) in [6.07, 6.45) is 1.67. The van der Waals surface area contributed by atoms with Crippen molar-refractivity contribution in [1.82, 2.24) is 30.4 Å². The van der Waals surface area contributed by atoms with Gasteiger partial charge in [-0.3, -0.25) is 9.59 Å². The highest BCUT2D eigenvalue weighted by atomic mass is 16.5. The maximum Gasteiger partial charge on any atom is 0.253 e. The molecule has 3 N–H and O–H groups in total. The molecule has 200 valence electrons. The van der Waals surface area contributed by atoms with Crippen molar-refractivity contribution in [2.24, 2.45) is 5.92 Å². The normalized spacial score (nSPS) is 12.2. The van der Waals surface area contributed by atoms with Crippen LogP contribution in [0.15, 0.2) is 47.4 Å². The number of ether oxygens (including phenoxy) is 1. The number of nitrogens with one attached hydrogen (secondary N) is 3. The summed E-state index contributed by atoms with van der Waals surface area (Å²) in [7, 11) is 1.93. The molecule has 0 bridgehead atoms. The van der Waals surface area contributed by atoms with Crippen LogP contribution in [0, 0.1) is 19.8 Å². The molecular formula is C29H36N6O3. The first-order valence-corrected chi connectivity index (χ1v) is 12.9. The van der Waals surface area contributed by atoms with Crippen molar-refractivity contribution >= 4 is 16.9 Å². The van der Waals surface area contributed by atoms with Gasteiger partial charge in [-0.1, -0.05) is 19.1 Å². The lowest BCUT2D eigenvalue weighted by atomic mass is 10.1. The summed E-state index contributed by atoms with van der Waals surface area (Å²) < 4.78 is 7.83. The van der Waals surface area contributed by atoms with E-state index in [0.29, 0.717) is 40.4 Å². The highest BCUT2D eigenvalue weighted by Crippen LogP contribution is 2.28. The predicted octanol–water partition coefficient (Wildman–Crippen LogP) is 4.15. The van der Waals surface area contributed by atoms with Gasteiger partial charge in [-0.15, -0.1) is 0 Å². The van der Waals surface area contributed by atoms with Gasteiger partial charge in [0.05, 0.1) is 29.4 Å². The molecule has 0 fully saturated rings. The van der Waals surface area contributed by atoms with Gasteiger partial charge in [0, 0.05) is 41.9 Å². The largest absolute Gasteiger partial charge is 0.493 e. The van der Waals surface area contributed by atoms with Crippen LogP contribution in [0.5, 0.6) is 5.75 Å². The lowest BCUT2D eigenvalue weighted by Gasteiger charge is -2.14. The fraction of sp³-hybridized carbons (Fsp3) is 0.379. The summed E-state index contributed by atoms with van der Waals surface area (Å²) in [5.74, 6) is 0.803. The van der Waals surface area contributed by atoms with Crippen molar-refractivity contribution in [3.63, 3.8) is 0 Å². The molecule has 4 rings (SSSR count). The smallest absolute Gasteiger partial charge is 0.253 e. The number of aryl methyl sites for hydroxylation is 2. The van der Waals surface area contributed by atoms with Crippen LogP contribution >= 0.6 is 0 Å². The van der Waals surface area contributed by atoms with Gasteiger partial charge >= 0.3 is 0 Å². The Balaban J connectivity index is 1.69. The van der Waals surface area contributed by atoms with Crippen molar-refractivity contribution in [1.29, 1.82) is 0 Å². The molecule has 1 aromatic carbocycles. The summed E-state index contributed by atoms with van der Waals surface area (Å²) in [5, 5.41) is 11.2. The third kappa shape index (κ3) is 5.94. The van der Waals surface area contributed by atoms with Gasteiger partial charge in [0.2, 0.25) is 0 Å². The molecule has 1 amide bonds. The van der Waals surface area contributed by atoms with E-state index in [-0.39, 0.29) is 24.1 Å². The van der Waals surface area contributed by atoms with Crippen molar-refractivity contribution in [2.75, 3.05) is 20.2 Å². The number of hydrogen-bond acceptors (Lipinski definition) is 6. The average molecular weight is 517 g/mol.